The van der Waals surface area contributed by atoms with Gasteiger partial charge in [-0.3, -0.25) is 4.79 Å². The fraction of sp³-hybridized carbons (Fsp3) is 0.350. The number of benzene rings is 2. The van der Waals surface area contributed by atoms with Crippen molar-refractivity contribution in [3.63, 3.8) is 0 Å². The number of anilines is 2. The quantitative estimate of drug-likeness (QED) is 0.741. The molecule has 1 aliphatic heterocycles. The number of sulfonamides is 1. The summed E-state index contributed by atoms with van der Waals surface area (Å²) in [6.07, 6.45) is 2.24. The molecule has 8 heteroatoms. The lowest BCUT2D eigenvalue weighted by Crippen LogP contribution is -2.30. The second-order valence-corrected chi connectivity index (χ2v) is 9.26. The van der Waals surface area contributed by atoms with Crippen molar-refractivity contribution in [3.8, 4) is 0 Å². The summed E-state index contributed by atoms with van der Waals surface area (Å²) in [5.41, 5.74) is 1.96. The van der Waals surface area contributed by atoms with Gasteiger partial charge in [-0.15, -0.1) is 0 Å². The van der Waals surface area contributed by atoms with E-state index in [0.717, 1.165) is 31.6 Å². The van der Waals surface area contributed by atoms with Gasteiger partial charge < -0.3 is 10.2 Å². The maximum Gasteiger partial charge on any atom is 0.255 e. The Labute approximate surface area is 170 Å². The number of rotatable bonds is 6. The maximum atomic E-state index is 12.7. The molecule has 1 aliphatic rings. The summed E-state index contributed by atoms with van der Waals surface area (Å²) >= 11 is 6.12. The highest BCUT2D eigenvalue weighted by atomic mass is 35.5. The summed E-state index contributed by atoms with van der Waals surface area (Å²) in [6, 6.07) is 11.1. The molecule has 2 aromatic rings. The zero-order valence-corrected chi connectivity index (χ0v) is 17.5. The average molecular weight is 422 g/mol. The molecule has 2 aromatic carbocycles. The molecule has 2 N–H and O–H groups in total. The highest BCUT2D eigenvalue weighted by Gasteiger charge is 2.19. The van der Waals surface area contributed by atoms with Gasteiger partial charge in [0.15, 0.2) is 0 Å². The Hall–Kier alpha value is -2.09. The molecule has 1 amide bonds. The van der Waals surface area contributed by atoms with E-state index >= 15 is 0 Å². The molecule has 0 atom stereocenters. The summed E-state index contributed by atoms with van der Waals surface area (Å²) in [6.45, 7) is 5.39. The third-order valence-corrected chi connectivity index (χ3v) is 6.38. The first-order valence-corrected chi connectivity index (χ1v) is 11.1. The van der Waals surface area contributed by atoms with Gasteiger partial charge in [0.05, 0.1) is 16.3 Å². The molecule has 0 unspecified atom stereocenters. The van der Waals surface area contributed by atoms with Crippen LogP contribution in [0.3, 0.4) is 0 Å². The lowest BCUT2D eigenvalue weighted by atomic mass is 10.2. The fourth-order valence-corrected chi connectivity index (χ4v) is 4.62. The zero-order chi connectivity index (χ0) is 20.3. The second-order valence-electron chi connectivity index (χ2n) is 7.11. The van der Waals surface area contributed by atoms with E-state index in [9.17, 15) is 13.2 Å². The number of amides is 1. The zero-order valence-electron chi connectivity index (χ0n) is 15.9. The van der Waals surface area contributed by atoms with Crippen LogP contribution in [0.1, 0.15) is 37.0 Å². The van der Waals surface area contributed by atoms with Crippen LogP contribution < -0.4 is 14.9 Å². The van der Waals surface area contributed by atoms with Crippen molar-refractivity contribution in [3.05, 3.63) is 53.1 Å². The molecule has 0 bridgehead atoms. The van der Waals surface area contributed by atoms with Crippen molar-refractivity contribution in [2.24, 2.45) is 0 Å². The Morgan fingerprint density at radius 3 is 2.32 bits per heavy atom. The van der Waals surface area contributed by atoms with Crippen LogP contribution in [0.15, 0.2) is 47.4 Å². The van der Waals surface area contributed by atoms with Crippen molar-refractivity contribution in [2.75, 3.05) is 23.3 Å². The van der Waals surface area contributed by atoms with Gasteiger partial charge in [0.25, 0.3) is 5.91 Å². The predicted molar refractivity (Wildman–Crippen MR) is 113 cm³/mol. The molecule has 1 heterocycles. The van der Waals surface area contributed by atoms with Crippen LogP contribution >= 0.6 is 11.6 Å². The second kappa shape index (κ2) is 8.51. The van der Waals surface area contributed by atoms with E-state index in [4.69, 9.17) is 11.6 Å². The Bertz CT molecular complexity index is 953. The van der Waals surface area contributed by atoms with Gasteiger partial charge in [-0.05, 0) is 69.2 Å². The molecule has 0 saturated carbocycles. The number of nitrogens with one attached hydrogen (secondary N) is 2. The topological polar surface area (TPSA) is 78.5 Å². The summed E-state index contributed by atoms with van der Waals surface area (Å²) in [5.74, 6) is -0.316. The van der Waals surface area contributed by atoms with Gasteiger partial charge in [-0.2, -0.15) is 0 Å². The minimum Gasteiger partial charge on any atom is -0.370 e. The lowest BCUT2D eigenvalue weighted by molar-refractivity contribution is 0.102. The first-order chi connectivity index (χ1) is 13.3. The molecule has 0 aliphatic carbocycles. The third kappa shape index (κ3) is 4.84. The first-order valence-electron chi connectivity index (χ1n) is 9.24. The number of carbonyl (C=O) groups is 1. The van der Waals surface area contributed by atoms with E-state index in [1.54, 1.807) is 19.9 Å². The monoisotopic (exact) mass is 421 g/mol. The van der Waals surface area contributed by atoms with Gasteiger partial charge in [-0.25, -0.2) is 13.1 Å². The van der Waals surface area contributed by atoms with Crippen molar-refractivity contribution >= 4 is 38.9 Å². The Morgan fingerprint density at radius 2 is 1.71 bits per heavy atom. The van der Waals surface area contributed by atoms with Crippen molar-refractivity contribution in [2.45, 2.75) is 37.6 Å². The van der Waals surface area contributed by atoms with Gasteiger partial charge in [-0.1, -0.05) is 11.6 Å². The van der Waals surface area contributed by atoms with Gasteiger partial charge in [0, 0.05) is 29.7 Å². The van der Waals surface area contributed by atoms with E-state index < -0.39 is 10.0 Å². The Kier molecular flexibility index (Phi) is 6.27. The van der Waals surface area contributed by atoms with Gasteiger partial charge >= 0.3 is 0 Å². The van der Waals surface area contributed by atoms with E-state index in [1.807, 2.05) is 12.1 Å². The standard InChI is InChI=1S/C20H24ClN3O3S/c1-14(2)23-28(26,27)17-8-5-15(6-9-17)20(25)22-18-13-16(21)7-10-19(18)24-11-3-4-12-24/h5-10,13-14,23H,3-4,11-12H2,1-2H3,(H,22,25). The number of hydrogen-bond acceptors (Lipinski definition) is 4. The highest BCUT2D eigenvalue weighted by molar-refractivity contribution is 7.89. The molecule has 0 aromatic heterocycles. The molecule has 6 nitrogen and oxygen atoms in total. The van der Waals surface area contributed by atoms with E-state index in [-0.39, 0.29) is 16.8 Å². The SMILES string of the molecule is CC(C)NS(=O)(=O)c1ccc(C(=O)Nc2cc(Cl)ccc2N2CCCC2)cc1. The Balaban J connectivity index is 1.79. The number of hydrogen-bond donors (Lipinski definition) is 2. The van der Waals surface area contributed by atoms with Crippen LogP contribution in [0.2, 0.25) is 5.02 Å². The number of carbonyl (C=O) groups excluding carboxylic acids is 1. The summed E-state index contributed by atoms with van der Waals surface area (Å²) in [7, 11) is -3.59. The normalized spacial score (nSPS) is 14.5. The van der Waals surface area contributed by atoms with E-state index in [2.05, 4.69) is 14.9 Å². The number of nitrogens with zero attached hydrogens (tertiary/aromatic N) is 1. The van der Waals surface area contributed by atoms with Crippen LogP contribution in [-0.2, 0) is 10.0 Å². The van der Waals surface area contributed by atoms with Crippen LogP contribution in [0, 0.1) is 0 Å². The van der Waals surface area contributed by atoms with Crippen molar-refractivity contribution in [1.29, 1.82) is 0 Å². The van der Waals surface area contributed by atoms with Gasteiger partial charge in [0.2, 0.25) is 10.0 Å². The fourth-order valence-electron chi connectivity index (χ4n) is 3.20. The molecule has 1 fully saturated rings. The van der Waals surface area contributed by atoms with E-state index in [1.165, 1.54) is 24.3 Å². The van der Waals surface area contributed by atoms with Crippen LogP contribution in [0.4, 0.5) is 11.4 Å². The van der Waals surface area contributed by atoms with E-state index in [0.29, 0.717) is 16.3 Å². The molecule has 150 valence electrons. The van der Waals surface area contributed by atoms with Crippen LogP contribution in [0.25, 0.3) is 0 Å². The number of halogens is 1. The van der Waals surface area contributed by atoms with Gasteiger partial charge in [0.1, 0.15) is 0 Å². The molecule has 3 rings (SSSR count). The maximum absolute atomic E-state index is 12.7. The van der Waals surface area contributed by atoms with Crippen LogP contribution in [0.5, 0.6) is 0 Å². The Morgan fingerprint density at radius 1 is 1.07 bits per heavy atom. The highest BCUT2D eigenvalue weighted by Crippen LogP contribution is 2.32. The predicted octanol–water partition coefficient (Wildman–Crippen LogP) is 3.88. The van der Waals surface area contributed by atoms with Crippen LogP contribution in [-0.4, -0.2) is 33.5 Å². The summed E-state index contributed by atoms with van der Waals surface area (Å²) in [5, 5.41) is 3.45. The largest absolute Gasteiger partial charge is 0.370 e. The van der Waals surface area contributed by atoms with Crippen molar-refractivity contribution < 1.29 is 13.2 Å². The third-order valence-electron chi connectivity index (χ3n) is 4.47. The summed E-state index contributed by atoms with van der Waals surface area (Å²) < 4.78 is 26.9. The first kappa shape index (κ1) is 20.6. The minimum atomic E-state index is -3.59. The minimum absolute atomic E-state index is 0.123. The molecule has 0 radical (unpaired) electrons. The molecular formula is C20H24ClN3O3S. The molecular weight excluding hydrogens is 398 g/mol. The summed E-state index contributed by atoms with van der Waals surface area (Å²) in [4.78, 5) is 15.0. The molecule has 0 spiro atoms. The van der Waals surface area contributed by atoms with Crippen molar-refractivity contribution in [1.82, 2.24) is 4.72 Å². The average Bonchev–Trinajstić information content (AvgIpc) is 3.15. The lowest BCUT2D eigenvalue weighted by Gasteiger charge is -2.22. The molecule has 28 heavy (non-hydrogen) atoms. The molecule has 1 saturated heterocycles. The smallest absolute Gasteiger partial charge is 0.255 e.